The zero-order chi connectivity index (χ0) is 19.8. The Bertz CT molecular complexity index is 1060. The standard InChI is InChI=1S/C21H26N6O2/c1-14-6-7-18-15(12-14)13-17(21(28)22-18)19(26-8-10-29-11-9-26)20-23-24-25-27(20)16-4-2-3-5-16/h6-7,12-13,16,19H,2-5,8-11H2,1H3,(H,22,28)/p+1/t19-/m0/s1. The number of tetrazole rings is 1. The molecule has 2 N–H and O–H groups in total. The van der Waals surface area contributed by atoms with E-state index in [4.69, 9.17) is 4.74 Å². The smallest absolute Gasteiger partial charge is 0.258 e. The summed E-state index contributed by atoms with van der Waals surface area (Å²) >= 11 is 0. The van der Waals surface area contributed by atoms with Gasteiger partial charge in [0.2, 0.25) is 5.82 Å². The molecule has 0 radical (unpaired) electrons. The van der Waals surface area contributed by atoms with Crippen LogP contribution in [0.4, 0.5) is 0 Å². The minimum absolute atomic E-state index is 0.0636. The molecule has 29 heavy (non-hydrogen) atoms. The number of rotatable bonds is 4. The Morgan fingerprint density at radius 2 is 2.00 bits per heavy atom. The van der Waals surface area contributed by atoms with Crippen LogP contribution in [0, 0.1) is 6.92 Å². The van der Waals surface area contributed by atoms with Crippen molar-refractivity contribution in [2.45, 2.75) is 44.7 Å². The quantitative estimate of drug-likeness (QED) is 0.686. The SMILES string of the molecule is Cc1ccc2[nH]c(=O)c([C@@H](c3nnnn3C3CCCC3)[NH+]3CCOCC3)cc2c1. The fourth-order valence-corrected chi connectivity index (χ4v) is 4.82. The number of morpholine rings is 1. The number of benzene rings is 1. The third-order valence-electron chi connectivity index (χ3n) is 6.33. The fraction of sp³-hybridized carbons (Fsp3) is 0.524. The van der Waals surface area contributed by atoms with E-state index in [1.54, 1.807) is 0 Å². The van der Waals surface area contributed by atoms with E-state index < -0.39 is 0 Å². The van der Waals surface area contributed by atoms with Gasteiger partial charge in [0.1, 0.15) is 13.1 Å². The Hall–Kier alpha value is -2.58. The number of aromatic nitrogens is 5. The summed E-state index contributed by atoms with van der Waals surface area (Å²) in [5.41, 5.74) is 2.69. The number of H-pyrrole nitrogens is 1. The number of hydrogen-bond acceptors (Lipinski definition) is 5. The van der Waals surface area contributed by atoms with Gasteiger partial charge in [-0.25, -0.2) is 4.68 Å². The number of hydrogen-bond donors (Lipinski definition) is 2. The van der Waals surface area contributed by atoms with Crippen molar-refractivity contribution in [2.24, 2.45) is 0 Å². The van der Waals surface area contributed by atoms with Crippen molar-refractivity contribution >= 4 is 10.9 Å². The van der Waals surface area contributed by atoms with Gasteiger partial charge in [-0.15, -0.1) is 5.10 Å². The van der Waals surface area contributed by atoms with Gasteiger partial charge in [0.25, 0.3) is 5.56 Å². The second-order valence-electron chi connectivity index (χ2n) is 8.27. The highest BCUT2D eigenvalue weighted by atomic mass is 16.5. The normalized spacial score (nSPS) is 19.8. The molecule has 3 aromatic rings. The van der Waals surface area contributed by atoms with Crippen LogP contribution in [0.1, 0.15) is 54.7 Å². The van der Waals surface area contributed by atoms with Crippen LogP contribution < -0.4 is 10.5 Å². The van der Waals surface area contributed by atoms with Gasteiger partial charge in [0.15, 0.2) is 6.04 Å². The van der Waals surface area contributed by atoms with Crippen molar-refractivity contribution in [1.82, 2.24) is 25.2 Å². The van der Waals surface area contributed by atoms with Gasteiger partial charge in [0, 0.05) is 5.52 Å². The summed E-state index contributed by atoms with van der Waals surface area (Å²) in [5, 5.41) is 13.8. The van der Waals surface area contributed by atoms with E-state index in [0.717, 1.165) is 48.2 Å². The average molecular weight is 395 g/mol. The highest BCUT2D eigenvalue weighted by Crippen LogP contribution is 2.31. The van der Waals surface area contributed by atoms with Gasteiger partial charge in [-0.2, -0.15) is 0 Å². The lowest BCUT2D eigenvalue weighted by Gasteiger charge is -2.31. The van der Waals surface area contributed by atoms with Crippen LogP contribution in [-0.2, 0) is 4.74 Å². The summed E-state index contributed by atoms with van der Waals surface area (Å²) < 4.78 is 7.57. The largest absolute Gasteiger partial charge is 0.370 e. The Labute approximate surface area is 168 Å². The molecule has 1 aromatic carbocycles. The number of aryl methyl sites for hydroxylation is 1. The molecule has 1 aliphatic heterocycles. The highest BCUT2D eigenvalue weighted by molar-refractivity contribution is 5.79. The molecule has 1 aliphatic carbocycles. The first-order chi connectivity index (χ1) is 14.2. The molecule has 0 amide bonds. The summed E-state index contributed by atoms with van der Waals surface area (Å²) in [5.74, 6) is 0.798. The molecule has 2 fully saturated rings. The van der Waals surface area contributed by atoms with Crippen LogP contribution in [0.2, 0.25) is 0 Å². The maximum absolute atomic E-state index is 13.2. The average Bonchev–Trinajstić information content (AvgIpc) is 3.41. The number of ether oxygens (including phenoxy) is 1. The van der Waals surface area contributed by atoms with Crippen LogP contribution in [0.5, 0.6) is 0 Å². The molecule has 3 heterocycles. The highest BCUT2D eigenvalue weighted by Gasteiger charge is 2.36. The number of nitrogens with zero attached hydrogens (tertiary/aromatic N) is 4. The predicted molar refractivity (Wildman–Crippen MR) is 108 cm³/mol. The summed E-state index contributed by atoms with van der Waals surface area (Å²) in [7, 11) is 0. The first-order valence-electron chi connectivity index (χ1n) is 10.5. The van der Waals surface area contributed by atoms with E-state index in [9.17, 15) is 4.79 Å². The van der Waals surface area contributed by atoms with Crippen LogP contribution in [0.15, 0.2) is 29.1 Å². The molecule has 2 aromatic heterocycles. The topological polar surface area (TPSA) is 90.1 Å². The van der Waals surface area contributed by atoms with Gasteiger partial charge in [0.05, 0.1) is 24.8 Å². The monoisotopic (exact) mass is 395 g/mol. The molecule has 8 heteroatoms. The molecule has 0 spiro atoms. The van der Waals surface area contributed by atoms with Crippen molar-refractivity contribution in [2.75, 3.05) is 26.3 Å². The molecule has 1 saturated carbocycles. The van der Waals surface area contributed by atoms with Crippen LogP contribution >= 0.6 is 0 Å². The number of quaternary nitrogens is 1. The third-order valence-corrected chi connectivity index (χ3v) is 6.33. The minimum atomic E-state index is -0.205. The Kier molecular flexibility index (Phi) is 4.89. The summed E-state index contributed by atoms with van der Waals surface area (Å²) in [4.78, 5) is 17.5. The maximum Gasteiger partial charge on any atom is 0.258 e. The Balaban J connectivity index is 1.65. The maximum atomic E-state index is 13.2. The third kappa shape index (κ3) is 3.47. The number of aromatic amines is 1. The zero-order valence-electron chi connectivity index (χ0n) is 16.7. The molecule has 0 bridgehead atoms. The lowest BCUT2D eigenvalue weighted by Crippen LogP contribution is -3.14. The van der Waals surface area contributed by atoms with E-state index in [1.807, 2.05) is 22.9 Å². The summed E-state index contributed by atoms with van der Waals surface area (Å²) in [6, 6.07) is 8.24. The van der Waals surface area contributed by atoms with Crippen molar-refractivity contribution in [3.8, 4) is 0 Å². The van der Waals surface area contributed by atoms with Gasteiger partial charge >= 0.3 is 0 Å². The van der Waals surface area contributed by atoms with Crippen LogP contribution in [-0.4, -0.2) is 51.5 Å². The minimum Gasteiger partial charge on any atom is -0.370 e. The molecule has 1 saturated heterocycles. The van der Waals surface area contributed by atoms with E-state index in [-0.39, 0.29) is 11.6 Å². The molecular weight excluding hydrogens is 368 g/mol. The lowest BCUT2D eigenvalue weighted by molar-refractivity contribution is -0.933. The van der Waals surface area contributed by atoms with E-state index in [2.05, 4.69) is 33.5 Å². The number of nitrogens with one attached hydrogen (secondary N) is 2. The lowest BCUT2D eigenvalue weighted by atomic mass is 10.0. The summed E-state index contributed by atoms with van der Waals surface area (Å²) in [6.45, 7) is 5.08. The van der Waals surface area contributed by atoms with Crippen molar-refractivity contribution in [3.05, 3.63) is 51.6 Å². The van der Waals surface area contributed by atoms with Gasteiger partial charge < -0.3 is 14.6 Å². The molecule has 2 aliphatic rings. The fourth-order valence-electron chi connectivity index (χ4n) is 4.82. The van der Waals surface area contributed by atoms with Crippen molar-refractivity contribution in [1.29, 1.82) is 0 Å². The molecular formula is C21H27N6O2+. The first-order valence-corrected chi connectivity index (χ1v) is 10.5. The molecule has 5 rings (SSSR count). The number of fused-ring (bicyclic) bond motifs is 1. The van der Waals surface area contributed by atoms with Crippen LogP contribution in [0.25, 0.3) is 10.9 Å². The first kappa shape index (κ1) is 18.4. The Morgan fingerprint density at radius 3 is 2.79 bits per heavy atom. The zero-order valence-corrected chi connectivity index (χ0v) is 16.7. The van der Waals surface area contributed by atoms with Crippen molar-refractivity contribution < 1.29 is 9.64 Å². The molecule has 8 nitrogen and oxygen atoms in total. The van der Waals surface area contributed by atoms with E-state index >= 15 is 0 Å². The van der Waals surface area contributed by atoms with E-state index in [0.29, 0.717) is 19.3 Å². The second kappa shape index (κ2) is 7.68. The summed E-state index contributed by atoms with van der Waals surface area (Å²) in [6.07, 6.45) is 4.59. The number of pyridine rings is 1. The molecule has 0 unspecified atom stereocenters. The van der Waals surface area contributed by atoms with E-state index in [1.165, 1.54) is 23.3 Å². The predicted octanol–water partition coefficient (Wildman–Crippen LogP) is 0.943. The van der Waals surface area contributed by atoms with Crippen LogP contribution in [0.3, 0.4) is 0 Å². The van der Waals surface area contributed by atoms with Gasteiger partial charge in [-0.05, 0) is 53.8 Å². The molecule has 1 atom stereocenters. The molecule has 152 valence electrons. The Morgan fingerprint density at radius 1 is 1.21 bits per heavy atom. The van der Waals surface area contributed by atoms with Crippen molar-refractivity contribution in [3.63, 3.8) is 0 Å². The second-order valence-corrected chi connectivity index (χ2v) is 8.27. The van der Waals surface area contributed by atoms with Gasteiger partial charge in [-0.3, -0.25) is 4.79 Å². The van der Waals surface area contributed by atoms with Gasteiger partial charge in [-0.1, -0.05) is 24.5 Å².